The maximum absolute atomic E-state index is 13.2. The fourth-order valence-corrected chi connectivity index (χ4v) is 16.7. The maximum Gasteiger partial charge on any atom is 0.330 e. The van der Waals surface area contributed by atoms with E-state index in [4.69, 9.17) is 9.84 Å². The number of aliphatic carboxylic acids is 1. The Hall–Kier alpha value is -8.38. The molecule has 3 N–H and O–H groups in total. The van der Waals surface area contributed by atoms with Crippen molar-refractivity contribution in [2.45, 2.75) is 101 Å². The van der Waals surface area contributed by atoms with Gasteiger partial charge in [0.05, 0.1) is 42.5 Å². The van der Waals surface area contributed by atoms with Gasteiger partial charge in [0.2, 0.25) is 0 Å². The number of phenolic OH excluding ortho intramolecular Hbond substituents is 2. The van der Waals surface area contributed by atoms with Gasteiger partial charge in [-0.15, -0.1) is 0 Å². The smallest absolute Gasteiger partial charge is 0.330 e. The Balaban J connectivity index is 0.000000153. The lowest BCUT2D eigenvalue weighted by Crippen LogP contribution is -2.48. The quantitative estimate of drug-likeness (QED) is 0.0607. The van der Waals surface area contributed by atoms with E-state index in [9.17, 15) is 39.0 Å². The van der Waals surface area contributed by atoms with Crippen LogP contribution >= 0.6 is 0 Å². The molecule has 6 aromatic carbocycles. The highest BCUT2D eigenvalue weighted by Gasteiger charge is 2.54. The number of amides is 4. The highest BCUT2D eigenvalue weighted by atomic mass is 16.5. The third-order valence-corrected chi connectivity index (χ3v) is 19.5. The zero-order valence-corrected chi connectivity index (χ0v) is 45.3. The van der Waals surface area contributed by atoms with Crippen LogP contribution in [-0.4, -0.2) is 67.8 Å². The molecule has 410 valence electrons. The SMILES string of the molecule is COC(=O)/C=C/c1ccc(-c2cc(CN3C(=O)c4ccccc4C3=O)c(O)c(C34CC5CC(CC(C5)C3)C4)c2)cc1.O=C(O)/C=C/c1ccc(-c2cc(CN3C(=O)c4ccccc4C3=O)c(O)c(C34CC5CC(CC(C5)C3)C4)c2)cc1. The van der Waals surface area contributed by atoms with Crippen molar-refractivity contribution >= 4 is 47.7 Å². The highest BCUT2D eigenvalue weighted by molar-refractivity contribution is 6.22. The molecule has 8 fully saturated rings. The van der Waals surface area contributed by atoms with Gasteiger partial charge in [-0.2, -0.15) is 0 Å². The predicted octanol–water partition coefficient (Wildman–Crippen LogP) is 12.9. The second-order valence-electron chi connectivity index (χ2n) is 24.7. The summed E-state index contributed by atoms with van der Waals surface area (Å²) in [6.45, 7) is 0.0240. The lowest BCUT2D eigenvalue weighted by atomic mass is 9.48. The minimum Gasteiger partial charge on any atom is -0.507 e. The van der Waals surface area contributed by atoms with Gasteiger partial charge >= 0.3 is 11.9 Å². The number of carboxylic acids is 1. The van der Waals surface area contributed by atoms with Crippen molar-refractivity contribution in [3.63, 3.8) is 0 Å². The van der Waals surface area contributed by atoms with Crippen molar-refractivity contribution in [3.8, 4) is 33.8 Å². The van der Waals surface area contributed by atoms with Crippen LogP contribution in [0.15, 0.2) is 133 Å². The summed E-state index contributed by atoms with van der Waals surface area (Å²) in [6.07, 6.45) is 20.0. The minimum atomic E-state index is -0.999. The predicted molar refractivity (Wildman–Crippen MR) is 306 cm³/mol. The second-order valence-corrected chi connectivity index (χ2v) is 24.7. The van der Waals surface area contributed by atoms with Crippen LogP contribution in [0.1, 0.15) is 152 Å². The van der Waals surface area contributed by atoms with Crippen molar-refractivity contribution in [2.24, 2.45) is 35.5 Å². The molecule has 6 aromatic rings. The zero-order chi connectivity index (χ0) is 55.9. The van der Waals surface area contributed by atoms with Crippen LogP contribution in [0.3, 0.4) is 0 Å². The molecule has 0 unspecified atom stereocenters. The fourth-order valence-electron chi connectivity index (χ4n) is 16.7. The van der Waals surface area contributed by atoms with Gasteiger partial charge in [0, 0.05) is 34.4 Å². The number of fused-ring (bicyclic) bond motifs is 2. The summed E-state index contributed by atoms with van der Waals surface area (Å²) >= 11 is 0. The molecule has 2 aliphatic heterocycles. The number of methoxy groups -OCH3 is 1. The molecule has 0 saturated heterocycles. The number of hydrogen-bond acceptors (Lipinski definition) is 9. The maximum atomic E-state index is 13.2. The van der Waals surface area contributed by atoms with E-state index in [1.165, 1.54) is 61.5 Å². The number of ether oxygens (including phenoxy) is 1. The molecule has 81 heavy (non-hydrogen) atoms. The van der Waals surface area contributed by atoms with Gasteiger partial charge in [0.15, 0.2) is 0 Å². The van der Waals surface area contributed by atoms with Crippen molar-refractivity contribution in [3.05, 3.63) is 189 Å². The van der Waals surface area contributed by atoms with E-state index in [0.29, 0.717) is 68.9 Å². The van der Waals surface area contributed by atoms with Crippen molar-refractivity contribution in [1.29, 1.82) is 0 Å². The topological polar surface area (TPSA) is 179 Å². The van der Waals surface area contributed by atoms with E-state index in [-0.39, 0.29) is 59.0 Å². The molecule has 0 atom stereocenters. The molecule has 12 nitrogen and oxygen atoms in total. The number of phenols is 2. The first-order valence-corrected chi connectivity index (χ1v) is 28.6. The van der Waals surface area contributed by atoms with Crippen LogP contribution < -0.4 is 0 Å². The number of rotatable bonds is 12. The Morgan fingerprint density at radius 1 is 0.481 bits per heavy atom. The first kappa shape index (κ1) is 52.0. The van der Waals surface area contributed by atoms with Gasteiger partial charge in [-0.1, -0.05) is 72.8 Å². The summed E-state index contributed by atoms with van der Waals surface area (Å²) in [7, 11) is 1.35. The van der Waals surface area contributed by atoms with Gasteiger partial charge in [-0.05, 0) is 217 Å². The Labute approximate surface area is 470 Å². The summed E-state index contributed by atoms with van der Waals surface area (Å²) in [5.41, 5.74) is 9.95. The lowest BCUT2D eigenvalue weighted by molar-refractivity contribution is -0.135. The van der Waals surface area contributed by atoms with E-state index >= 15 is 0 Å². The van der Waals surface area contributed by atoms with E-state index in [1.807, 2.05) is 60.7 Å². The summed E-state index contributed by atoms with van der Waals surface area (Å²) < 4.78 is 4.69. The largest absolute Gasteiger partial charge is 0.507 e. The number of esters is 1. The van der Waals surface area contributed by atoms with Gasteiger partial charge in [0.1, 0.15) is 11.5 Å². The molecular weight excluding hydrogens is 1020 g/mol. The average molecular weight is 1080 g/mol. The third kappa shape index (κ3) is 9.45. The van der Waals surface area contributed by atoms with E-state index in [1.54, 1.807) is 60.7 Å². The fraction of sp³-hybridized carbons (Fsp3) is 0.333. The molecule has 4 amide bonds. The van der Waals surface area contributed by atoms with Gasteiger partial charge in [-0.3, -0.25) is 29.0 Å². The van der Waals surface area contributed by atoms with Crippen LogP contribution in [-0.2, 0) is 38.2 Å². The number of nitrogens with zero attached hydrogens (tertiary/aromatic N) is 2. The molecule has 10 aliphatic rings. The number of aromatic hydroxyl groups is 2. The number of carboxylic acid groups (broad SMARTS) is 1. The van der Waals surface area contributed by atoms with E-state index in [0.717, 1.165) is 89.1 Å². The molecule has 8 aliphatic carbocycles. The first-order chi connectivity index (χ1) is 39.1. The number of hydrogen-bond donors (Lipinski definition) is 3. The zero-order valence-electron chi connectivity index (χ0n) is 45.3. The van der Waals surface area contributed by atoms with Gasteiger partial charge in [0.25, 0.3) is 23.6 Å². The Morgan fingerprint density at radius 3 is 1.11 bits per heavy atom. The Kier molecular flexibility index (Phi) is 13.0. The van der Waals surface area contributed by atoms with Gasteiger partial charge < -0.3 is 20.1 Å². The molecule has 0 aromatic heterocycles. The number of imide groups is 2. The second kappa shape index (κ2) is 20.3. The highest BCUT2D eigenvalue weighted by Crippen LogP contribution is 2.64. The summed E-state index contributed by atoms with van der Waals surface area (Å²) in [5, 5.41) is 32.6. The summed E-state index contributed by atoms with van der Waals surface area (Å²) in [5.74, 6) is 1.87. The van der Waals surface area contributed by atoms with Crippen LogP contribution in [0.4, 0.5) is 0 Å². The number of benzene rings is 6. The minimum absolute atomic E-state index is 0.00478. The Morgan fingerprint density at radius 2 is 0.802 bits per heavy atom. The molecular formula is C69H64N2O10. The standard InChI is InChI=1S/C35H33NO5.C34H31NO5/c1-41-31(37)11-8-21-6-9-25(10-7-21)26-15-27(20-36-33(39)28-4-2-3-5-29(28)34(36)40)32(38)30(16-26)35-17-22-12-23(18-35)14-24(13-22)19-35;36-30(37)10-7-20-5-8-24(9-6-20)25-14-26(19-35-32(39)27-3-1-2-4-28(27)33(35)40)31(38)29(15-25)34-16-21-11-22(17-34)13-23(12-21)18-34/h2-11,15-16,22-24,38H,12-14,17-20H2,1H3;1-10,14-15,21-23,38H,11-13,16-19H2,(H,36,37)/b11-8+;10-7+. The molecule has 8 saturated carbocycles. The lowest BCUT2D eigenvalue weighted by Gasteiger charge is -2.57. The molecule has 0 spiro atoms. The monoisotopic (exact) mass is 1080 g/mol. The molecule has 0 radical (unpaired) electrons. The van der Waals surface area contributed by atoms with E-state index < -0.39 is 11.9 Å². The molecule has 12 heteroatoms. The molecule has 8 bridgehead atoms. The van der Waals surface area contributed by atoms with Crippen LogP contribution in [0, 0.1) is 35.5 Å². The average Bonchev–Trinajstić information content (AvgIpc) is 3.69. The van der Waals surface area contributed by atoms with Crippen LogP contribution in [0.2, 0.25) is 0 Å². The van der Waals surface area contributed by atoms with Crippen molar-refractivity contribution in [1.82, 2.24) is 9.80 Å². The molecule has 16 rings (SSSR count). The Bertz CT molecular complexity index is 3520. The van der Waals surface area contributed by atoms with Crippen LogP contribution in [0.5, 0.6) is 11.5 Å². The first-order valence-electron chi connectivity index (χ1n) is 28.6. The molecule has 2 heterocycles. The van der Waals surface area contributed by atoms with Crippen LogP contribution in [0.25, 0.3) is 34.4 Å². The summed E-state index contributed by atoms with van der Waals surface area (Å²) in [4.78, 5) is 77.8. The van der Waals surface area contributed by atoms with E-state index in [2.05, 4.69) is 12.1 Å². The van der Waals surface area contributed by atoms with Crippen molar-refractivity contribution < 1.29 is 48.8 Å². The third-order valence-electron chi connectivity index (χ3n) is 19.5. The number of carbonyl (C=O) groups is 6. The van der Waals surface area contributed by atoms with Gasteiger partial charge in [-0.25, -0.2) is 9.59 Å². The summed E-state index contributed by atoms with van der Waals surface area (Å²) in [6, 6.07) is 37.4. The van der Waals surface area contributed by atoms with Crippen molar-refractivity contribution in [2.75, 3.05) is 7.11 Å². The number of carbonyl (C=O) groups excluding carboxylic acids is 5. The normalized spacial score (nSPS) is 26.4.